The van der Waals surface area contributed by atoms with Gasteiger partial charge in [-0.05, 0) is 91.9 Å². The van der Waals surface area contributed by atoms with Gasteiger partial charge in [0, 0.05) is 30.1 Å². The Labute approximate surface area is 224 Å². The zero-order valence-electron chi connectivity index (χ0n) is 21.9. The maximum atomic E-state index is 13.4. The third-order valence-electron chi connectivity index (χ3n) is 8.67. The molecule has 1 heterocycles. The highest BCUT2D eigenvalue weighted by Gasteiger charge is 2.51. The van der Waals surface area contributed by atoms with Crippen molar-refractivity contribution < 1.29 is 13.2 Å². The standard InChI is InChI=1S/C30H36N4O3S/c1-38(36,37)34-24-8-6-20(7-9-24)10-11-31-28-15-27(25-4-2-3-5-26(25)32-28)33-29(35)19-30-16-21-12-22(17-30)14-23(13-21)18-30/h2-9,15,21-23,34H,10-14,16-19H2,1H3,(H2,31,32,33,35). The average molecular weight is 533 g/mol. The highest BCUT2D eigenvalue weighted by atomic mass is 32.2. The molecule has 0 spiro atoms. The monoisotopic (exact) mass is 532 g/mol. The van der Waals surface area contributed by atoms with Crippen LogP contribution in [0.25, 0.3) is 10.9 Å². The molecule has 200 valence electrons. The van der Waals surface area contributed by atoms with E-state index >= 15 is 0 Å². The average Bonchev–Trinajstić information content (AvgIpc) is 2.83. The Bertz CT molecular complexity index is 1420. The van der Waals surface area contributed by atoms with Crippen LogP contribution in [0, 0.1) is 23.2 Å². The summed E-state index contributed by atoms with van der Waals surface area (Å²) in [5.41, 5.74) is 3.49. The van der Waals surface area contributed by atoms with Crippen LogP contribution in [0.3, 0.4) is 0 Å². The van der Waals surface area contributed by atoms with E-state index in [9.17, 15) is 13.2 Å². The number of sulfonamides is 1. The summed E-state index contributed by atoms with van der Waals surface area (Å²) in [5, 5.41) is 7.61. The number of anilines is 3. The third kappa shape index (κ3) is 5.65. The lowest BCUT2D eigenvalue weighted by Crippen LogP contribution is -2.47. The Hall–Kier alpha value is -3.13. The van der Waals surface area contributed by atoms with Crippen LogP contribution in [0.15, 0.2) is 54.6 Å². The summed E-state index contributed by atoms with van der Waals surface area (Å²) in [5.74, 6) is 3.34. The van der Waals surface area contributed by atoms with Crippen molar-refractivity contribution in [1.82, 2.24) is 4.98 Å². The smallest absolute Gasteiger partial charge is 0.229 e. The highest BCUT2D eigenvalue weighted by Crippen LogP contribution is 2.61. The van der Waals surface area contributed by atoms with Crippen molar-refractivity contribution >= 4 is 44.0 Å². The Morgan fingerprint density at radius 1 is 0.974 bits per heavy atom. The number of pyridine rings is 1. The molecule has 2 aromatic carbocycles. The van der Waals surface area contributed by atoms with E-state index in [2.05, 4.69) is 15.4 Å². The SMILES string of the molecule is CS(=O)(=O)Nc1ccc(CCNc2cc(NC(=O)CC34CC5CC(CC(C5)C3)C4)c3ccccc3n2)cc1. The molecular formula is C30H36N4O3S. The molecule has 7 rings (SSSR count). The number of para-hydroxylation sites is 1. The molecule has 4 aliphatic rings. The Morgan fingerprint density at radius 2 is 1.63 bits per heavy atom. The number of benzene rings is 2. The minimum Gasteiger partial charge on any atom is -0.370 e. The van der Waals surface area contributed by atoms with Crippen molar-refractivity contribution in [3.63, 3.8) is 0 Å². The summed E-state index contributed by atoms with van der Waals surface area (Å²) in [6.45, 7) is 0.658. The molecule has 3 N–H and O–H groups in total. The topological polar surface area (TPSA) is 100 Å². The first kappa shape index (κ1) is 25.2. The molecule has 4 fully saturated rings. The highest BCUT2D eigenvalue weighted by molar-refractivity contribution is 7.92. The van der Waals surface area contributed by atoms with Crippen LogP contribution in [-0.2, 0) is 21.2 Å². The number of fused-ring (bicyclic) bond motifs is 1. The van der Waals surface area contributed by atoms with Gasteiger partial charge in [0.2, 0.25) is 15.9 Å². The zero-order chi connectivity index (χ0) is 26.3. The fourth-order valence-electron chi connectivity index (χ4n) is 7.70. The number of aromatic nitrogens is 1. The molecule has 1 amide bonds. The molecule has 0 unspecified atom stereocenters. The van der Waals surface area contributed by atoms with E-state index in [1.165, 1.54) is 38.5 Å². The molecule has 4 saturated carbocycles. The van der Waals surface area contributed by atoms with Crippen LogP contribution in [-0.4, -0.2) is 32.1 Å². The van der Waals surface area contributed by atoms with Gasteiger partial charge in [0.15, 0.2) is 0 Å². The first-order valence-electron chi connectivity index (χ1n) is 13.7. The third-order valence-corrected chi connectivity index (χ3v) is 9.27. The lowest BCUT2D eigenvalue weighted by Gasteiger charge is -2.56. The Morgan fingerprint density at radius 3 is 2.29 bits per heavy atom. The molecule has 38 heavy (non-hydrogen) atoms. The summed E-state index contributed by atoms with van der Waals surface area (Å²) < 4.78 is 25.3. The first-order valence-corrected chi connectivity index (χ1v) is 15.6. The molecule has 7 nitrogen and oxygen atoms in total. The number of hydrogen-bond donors (Lipinski definition) is 3. The summed E-state index contributed by atoms with van der Waals surface area (Å²) >= 11 is 0. The second-order valence-corrected chi connectivity index (χ2v) is 13.7. The molecule has 0 saturated heterocycles. The predicted molar refractivity (Wildman–Crippen MR) is 153 cm³/mol. The second kappa shape index (κ2) is 9.88. The van der Waals surface area contributed by atoms with Crippen LogP contribution < -0.4 is 15.4 Å². The lowest BCUT2D eigenvalue weighted by atomic mass is 9.49. The fourth-order valence-corrected chi connectivity index (χ4v) is 8.26. The summed E-state index contributed by atoms with van der Waals surface area (Å²) in [6.07, 6.45) is 10.3. The lowest BCUT2D eigenvalue weighted by molar-refractivity contribution is -0.124. The van der Waals surface area contributed by atoms with E-state index in [1.807, 2.05) is 42.5 Å². The van der Waals surface area contributed by atoms with E-state index in [4.69, 9.17) is 4.98 Å². The molecular weight excluding hydrogens is 496 g/mol. The van der Waals surface area contributed by atoms with Crippen molar-refractivity contribution in [2.75, 3.05) is 28.2 Å². The number of carbonyl (C=O) groups excluding carboxylic acids is 1. The first-order chi connectivity index (χ1) is 18.2. The number of carbonyl (C=O) groups is 1. The van der Waals surface area contributed by atoms with Crippen LogP contribution in [0.5, 0.6) is 0 Å². The van der Waals surface area contributed by atoms with E-state index in [1.54, 1.807) is 12.1 Å². The minimum absolute atomic E-state index is 0.122. The van der Waals surface area contributed by atoms with Gasteiger partial charge in [-0.15, -0.1) is 0 Å². The normalized spacial score (nSPS) is 25.9. The fraction of sp³-hybridized carbons (Fsp3) is 0.467. The van der Waals surface area contributed by atoms with E-state index in [-0.39, 0.29) is 11.3 Å². The van der Waals surface area contributed by atoms with Crippen molar-refractivity contribution in [3.05, 3.63) is 60.2 Å². The Kier molecular flexibility index (Phi) is 6.54. The van der Waals surface area contributed by atoms with Crippen LogP contribution in [0.2, 0.25) is 0 Å². The number of nitrogens with zero attached hydrogens (tertiary/aromatic N) is 1. The van der Waals surface area contributed by atoms with E-state index in [0.717, 1.165) is 58.4 Å². The van der Waals surface area contributed by atoms with Gasteiger partial charge < -0.3 is 10.6 Å². The number of rotatable bonds is 9. The molecule has 3 aromatic rings. The van der Waals surface area contributed by atoms with Crippen LogP contribution in [0.4, 0.5) is 17.2 Å². The predicted octanol–water partition coefficient (Wildman–Crippen LogP) is 5.81. The van der Waals surface area contributed by atoms with Gasteiger partial charge in [0.05, 0.1) is 17.5 Å². The Balaban J connectivity index is 1.12. The van der Waals surface area contributed by atoms with Crippen molar-refractivity contribution in [3.8, 4) is 0 Å². The van der Waals surface area contributed by atoms with Gasteiger partial charge in [0.1, 0.15) is 5.82 Å². The largest absolute Gasteiger partial charge is 0.370 e. The van der Waals surface area contributed by atoms with E-state index in [0.29, 0.717) is 18.7 Å². The van der Waals surface area contributed by atoms with Crippen molar-refractivity contribution in [2.24, 2.45) is 23.2 Å². The van der Waals surface area contributed by atoms with Gasteiger partial charge in [0.25, 0.3) is 0 Å². The molecule has 4 bridgehead atoms. The molecule has 1 aromatic heterocycles. The van der Waals surface area contributed by atoms with Crippen molar-refractivity contribution in [2.45, 2.75) is 51.4 Å². The second-order valence-electron chi connectivity index (χ2n) is 12.0. The van der Waals surface area contributed by atoms with Gasteiger partial charge in [-0.2, -0.15) is 0 Å². The van der Waals surface area contributed by atoms with Gasteiger partial charge in [-0.25, -0.2) is 13.4 Å². The molecule has 0 aliphatic heterocycles. The van der Waals surface area contributed by atoms with E-state index < -0.39 is 10.0 Å². The van der Waals surface area contributed by atoms with Crippen LogP contribution >= 0.6 is 0 Å². The van der Waals surface area contributed by atoms with Gasteiger partial charge in [-0.3, -0.25) is 9.52 Å². The maximum Gasteiger partial charge on any atom is 0.229 e. The van der Waals surface area contributed by atoms with Gasteiger partial charge in [-0.1, -0.05) is 30.3 Å². The summed E-state index contributed by atoms with van der Waals surface area (Å²) in [7, 11) is -3.29. The quantitative estimate of drug-likeness (QED) is 0.323. The molecule has 4 aliphatic carbocycles. The summed E-state index contributed by atoms with van der Waals surface area (Å²) in [4.78, 5) is 18.1. The maximum absolute atomic E-state index is 13.4. The number of amides is 1. The zero-order valence-corrected chi connectivity index (χ0v) is 22.7. The molecule has 0 atom stereocenters. The summed E-state index contributed by atoms with van der Waals surface area (Å²) in [6, 6.07) is 17.2. The van der Waals surface area contributed by atoms with Gasteiger partial charge >= 0.3 is 0 Å². The van der Waals surface area contributed by atoms with Crippen molar-refractivity contribution in [1.29, 1.82) is 0 Å². The molecule has 8 heteroatoms. The number of hydrogen-bond acceptors (Lipinski definition) is 5. The minimum atomic E-state index is -3.29. The number of nitrogens with one attached hydrogen (secondary N) is 3. The molecule has 0 radical (unpaired) electrons. The van der Waals surface area contributed by atoms with Crippen LogP contribution in [0.1, 0.15) is 50.5 Å².